The summed E-state index contributed by atoms with van der Waals surface area (Å²) in [7, 11) is 0. The molecule has 1 aromatic carbocycles. The van der Waals surface area contributed by atoms with Gasteiger partial charge in [0.2, 0.25) is 0 Å². The predicted octanol–water partition coefficient (Wildman–Crippen LogP) is 3.41. The Balaban J connectivity index is 1.99. The van der Waals surface area contributed by atoms with Gasteiger partial charge in [-0.2, -0.15) is 5.10 Å². The number of rotatable bonds is 3. The van der Waals surface area contributed by atoms with E-state index in [0.29, 0.717) is 5.11 Å². The third kappa shape index (κ3) is 4.36. The summed E-state index contributed by atoms with van der Waals surface area (Å²) >= 11 is 5.26. The highest BCUT2D eigenvalue weighted by atomic mass is 32.1. The molecule has 0 radical (unpaired) electrons. The fraction of sp³-hybridized carbons (Fsp3) is 0.188. The summed E-state index contributed by atoms with van der Waals surface area (Å²) in [6.07, 6.45) is 3.47. The smallest absolute Gasteiger partial charge is 0.191 e. The molecule has 0 aliphatic carbocycles. The zero-order valence-corrected chi connectivity index (χ0v) is 13.2. The lowest BCUT2D eigenvalue weighted by Gasteiger charge is -2.11. The zero-order valence-electron chi connectivity index (χ0n) is 12.3. The molecule has 0 atom stereocenters. The molecule has 0 unspecified atom stereocenters. The van der Waals surface area contributed by atoms with Gasteiger partial charge in [0, 0.05) is 23.6 Å². The normalized spacial score (nSPS) is 11.1. The van der Waals surface area contributed by atoms with Crippen LogP contribution in [0.15, 0.2) is 47.8 Å². The van der Waals surface area contributed by atoms with Gasteiger partial charge < -0.3 is 5.32 Å². The Morgan fingerprint density at radius 2 is 1.86 bits per heavy atom. The molecule has 1 heterocycles. The predicted molar refractivity (Wildman–Crippen MR) is 91.7 cm³/mol. The second-order valence-corrected chi connectivity index (χ2v) is 5.23. The molecule has 2 N–H and O–H groups in total. The fourth-order valence-electron chi connectivity index (χ4n) is 1.90. The average molecular weight is 298 g/mol. The summed E-state index contributed by atoms with van der Waals surface area (Å²) in [5.41, 5.74) is 8.07. The van der Waals surface area contributed by atoms with E-state index in [1.54, 1.807) is 12.4 Å². The summed E-state index contributed by atoms with van der Waals surface area (Å²) in [4.78, 5) is 3.98. The number of nitrogens with one attached hydrogen (secondary N) is 2. The molecular weight excluding hydrogens is 280 g/mol. The molecule has 5 heteroatoms. The molecule has 4 nitrogen and oxygen atoms in total. The van der Waals surface area contributed by atoms with Gasteiger partial charge in [-0.1, -0.05) is 17.7 Å². The van der Waals surface area contributed by atoms with E-state index in [4.69, 9.17) is 12.2 Å². The lowest BCUT2D eigenvalue weighted by molar-refractivity contribution is 1.04. The van der Waals surface area contributed by atoms with E-state index < -0.39 is 0 Å². The Bertz CT molecular complexity index is 665. The SMILES string of the molecule is CC(=NNC(=S)Nc1ccc(C)cc1C)c1ccncc1. The summed E-state index contributed by atoms with van der Waals surface area (Å²) < 4.78 is 0. The molecular formula is C16H18N4S. The summed E-state index contributed by atoms with van der Waals surface area (Å²) in [6.45, 7) is 6.03. The Kier molecular flexibility index (Phi) is 5.00. The van der Waals surface area contributed by atoms with Crippen molar-refractivity contribution in [2.24, 2.45) is 5.10 Å². The van der Waals surface area contributed by atoms with E-state index in [-0.39, 0.29) is 0 Å². The second-order valence-electron chi connectivity index (χ2n) is 4.82. The van der Waals surface area contributed by atoms with Gasteiger partial charge in [-0.25, -0.2) is 0 Å². The number of hydrazone groups is 1. The average Bonchev–Trinajstić information content (AvgIpc) is 2.48. The third-order valence-electron chi connectivity index (χ3n) is 3.05. The van der Waals surface area contributed by atoms with Crippen molar-refractivity contribution in [3.63, 3.8) is 0 Å². The number of hydrogen-bond donors (Lipinski definition) is 2. The maximum Gasteiger partial charge on any atom is 0.191 e. The molecule has 21 heavy (non-hydrogen) atoms. The van der Waals surface area contributed by atoms with E-state index in [0.717, 1.165) is 22.5 Å². The van der Waals surface area contributed by atoms with Crippen molar-refractivity contribution in [1.82, 2.24) is 10.4 Å². The summed E-state index contributed by atoms with van der Waals surface area (Å²) in [5.74, 6) is 0. The quantitative estimate of drug-likeness (QED) is 0.518. The second kappa shape index (κ2) is 6.95. The maximum atomic E-state index is 5.26. The molecule has 0 bridgehead atoms. The van der Waals surface area contributed by atoms with Gasteiger partial charge in [0.25, 0.3) is 0 Å². The molecule has 108 valence electrons. The van der Waals surface area contributed by atoms with Crippen molar-refractivity contribution in [3.05, 3.63) is 59.4 Å². The Hall–Kier alpha value is -2.27. The number of nitrogens with zero attached hydrogens (tertiary/aromatic N) is 2. The molecule has 0 aliphatic heterocycles. The molecule has 0 fully saturated rings. The van der Waals surface area contributed by atoms with Crippen molar-refractivity contribution in [1.29, 1.82) is 0 Å². The number of hydrogen-bond acceptors (Lipinski definition) is 3. The first kappa shape index (κ1) is 15.1. The minimum Gasteiger partial charge on any atom is -0.331 e. The van der Waals surface area contributed by atoms with Crippen molar-refractivity contribution in [3.8, 4) is 0 Å². The van der Waals surface area contributed by atoms with Crippen LogP contribution in [0.5, 0.6) is 0 Å². The van der Waals surface area contributed by atoms with Crippen molar-refractivity contribution in [2.75, 3.05) is 5.32 Å². The number of aromatic nitrogens is 1. The molecule has 0 saturated carbocycles. The molecule has 2 aromatic rings. The largest absolute Gasteiger partial charge is 0.331 e. The molecule has 2 rings (SSSR count). The lowest BCUT2D eigenvalue weighted by atomic mass is 10.1. The lowest BCUT2D eigenvalue weighted by Crippen LogP contribution is -2.25. The van der Waals surface area contributed by atoms with Crippen LogP contribution in [0.4, 0.5) is 5.69 Å². The van der Waals surface area contributed by atoms with Crippen molar-refractivity contribution in [2.45, 2.75) is 20.8 Å². The molecule has 0 aliphatic rings. The van der Waals surface area contributed by atoms with E-state index >= 15 is 0 Å². The zero-order chi connectivity index (χ0) is 15.2. The van der Waals surface area contributed by atoms with Crippen molar-refractivity contribution >= 4 is 28.7 Å². The number of thiocarbonyl (C=S) groups is 1. The maximum absolute atomic E-state index is 5.26. The topological polar surface area (TPSA) is 49.3 Å². The number of aryl methyl sites for hydroxylation is 2. The van der Waals surface area contributed by atoms with Gasteiger partial charge in [-0.15, -0.1) is 0 Å². The van der Waals surface area contributed by atoms with Gasteiger partial charge in [-0.05, 0) is 56.8 Å². The first-order valence-corrected chi connectivity index (χ1v) is 7.06. The number of pyridine rings is 1. The minimum atomic E-state index is 0.468. The highest BCUT2D eigenvalue weighted by molar-refractivity contribution is 7.80. The molecule has 0 saturated heterocycles. The van der Waals surface area contributed by atoms with Crippen LogP contribution in [-0.4, -0.2) is 15.8 Å². The van der Waals surface area contributed by atoms with Crippen LogP contribution in [-0.2, 0) is 0 Å². The third-order valence-corrected chi connectivity index (χ3v) is 3.25. The standard InChI is InChI=1S/C16H18N4S/c1-11-4-5-15(12(2)10-11)18-16(21)20-19-13(3)14-6-8-17-9-7-14/h4-10H,1-3H3,(H2,18,20,21). The Morgan fingerprint density at radius 3 is 2.52 bits per heavy atom. The summed E-state index contributed by atoms with van der Waals surface area (Å²) in [6, 6.07) is 9.97. The van der Waals surface area contributed by atoms with Crippen LogP contribution in [0.3, 0.4) is 0 Å². The van der Waals surface area contributed by atoms with E-state index in [1.807, 2.05) is 38.1 Å². The van der Waals surface area contributed by atoms with E-state index in [9.17, 15) is 0 Å². The minimum absolute atomic E-state index is 0.468. The van der Waals surface area contributed by atoms with Crippen LogP contribution in [0.25, 0.3) is 0 Å². The summed E-state index contributed by atoms with van der Waals surface area (Å²) in [5, 5.41) is 7.89. The van der Waals surface area contributed by atoms with Crippen LogP contribution < -0.4 is 10.7 Å². The molecule has 0 amide bonds. The van der Waals surface area contributed by atoms with E-state index in [1.165, 1.54) is 5.56 Å². The van der Waals surface area contributed by atoms with E-state index in [2.05, 4.69) is 33.8 Å². The van der Waals surface area contributed by atoms with Gasteiger partial charge in [0.15, 0.2) is 5.11 Å². The number of benzene rings is 1. The highest BCUT2D eigenvalue weighted by Crippen LogP contribution is 2.15. The van der Waals surface area contributed by atoms with Gasteiger partial charge in [0.1, 0.15) is 0 Å². The first-order chi connectivity index (χ1) is 10.1. The van der Waals surface area contributed by atoms with Gasteiger partial charge in [0.05, 0.1) is 5.71 Å². The Morgan fingerprint density at radius 1 is 1.14 bits per heavy atom. The monoisotopic (exact) mass is 298 g/mol. The van der Waals surface area contributed by atoms with Crippen LogP contribution in [0.1, 0.15) is 23.6 Å². The van der Waals surface area contributed by atoms with Gasteiger partial charge >= 0.3 is 0 Å². The molecule has 0 spiro atoms. The Labute approximate surface area is 130 Å². The molecule has 1 aromatic heterocycles. The van der Waals surface area contributed by atoms with Crippen LogP contribution in [0, 0.1) is 13.8 Å². The fourth-order valence-corrected chi connectivity index (χ4v) is 2.05. The van der Waals surface area contributed by atoms with Crippen LogP contribution in [0.2, 0.25) is 0 Å². The van der Waals surface area contributed by atoms with Gasteiger partial charge in [-0.3, -0.25) is 10.4 Å². The first-order valence-electron chi connectivity index (χ1n) is 6.65. The highest BCUT2D eigenvalue weighted by Gasteiger charge is 2.01. The van der Waals surface area contributed by atoms with Crippen molar-refractivity contribution < 1.29 is 0 Å². The number of anilines is 1. The van der Waals surface area contributed by atoms with Crippen LogP contribution >= 0.6 is 12.2 Å².